The van der Waals surface area contributed by atoms with Gasteiger partial charge in [0, 0.05) is 31.5 Å². The van der Waals surface area contributed by atoms with Crippen LogP contribution in [-0.4, -0.2) is 29.5 Å². The summed E-state index contributed by atoms with van der Waals surface area (Å²) in [5.74, 6) is 0. The Labute approximate surface area is 103 Å². The zero-order valence-corrected chi connectivity index (χ0v) is 10.4. The third-order valence-electron chi connectivity index (χ3n) is 2.66. The van der Waals surface area contributed by atoms with E-state index in [9.17, 15) is 0 Å². The van der Waals surface area contributed by atoms with Crippen molar-refractivity contribution >= 4 is 12.4 Å². The summed E-state index contributed by atoms with van der Waals surface area (Å²) in [5, 5.41) is 3.30. The fourth-order valence-corrected chi connectivity index (χ4v) is 1.79. The third kappa shape index (κ3) is 3.22. The van der Waals surface area contributed by atoms with Crippen LogP contribution < -0.4 is 5.32 Å². The molecule has 0 atom stereocenters. The van der Waals surface area contributed by atoms with E-state index in [4.69, 9.17) is 0 Å². The van der Waals surface area contributed by atoms with Gasteiger partial charge in [-0.05, 0) is 24.6 Å². The zero-order valence-electron chi connectivity index (χ0n) is 9.57. The van der Waals surface area contributed by atoms with Gasteiger partial charge in [0.25, 0.3) is 0 Å². The van der Waals surface area contributed by atoms with Gasteiger partial charge in [-0.3, -0.25) is 4.98 Å². The molecule has 2 heterocycles. The minimum Gasteiger partial charge on any atom is -0.367 e. The van der Waals surface area contributed by atoms with Crippen molar-refractivity contribution in [1.82, 2.24) is 15.2 Å². The summed E-state index contributed by atoms with van der Waals surface area (Å²) in [4.78, 5) is 6.65. The van der Waals surface area contributed by atoms with Gasteiger partial charge in [-0.1, -0.05) is 6.58 Å². The number of rotatable bonds is 2. The quantitative estimate of drug-likeness (QED) is 0.852. The van der Waals surface area contributed by atoms with Crippen LogP contribution in [0.3, 0.4) is 0 Å². The van der Waals surface area contributed by atoms with E-state index in [1.165, 1.54) is 5.56 Å². The van der Waals surface area contributed by atoms with Gasteiger partial charge in [-0.15, -0.1) is 12.4 Å². The fourth-order valence-electron chi connectivity index (χ4n) is 1.79. The van der Waals surface area contributed by atoms with Crippen LogP contribution in [-0.2, 0) is 6.54 Å². The second-order valence-corrected chi connectivity index (χ2v) is 3.99. The lowest BCUT2D eigenvalue weighted by atomic mass is 10.2. The van der Waals surface area contributed by atoms with Gasteiger partial charge in [0.1, 0.15) is 0 Å². The molecule has 0 unspecified atom stereocenters. The SMILES string of the molecule is C=C1CNCCN1Cc1cc(C)ccn1.Cl. The highest BCUT2D eigenvalue weighted by molar-refractivity contribution is 5.85. The smallest absolute Gasteiger partial charge is 0.0599 e. The summed E-state index contributed by atoms with van der Waals surface area (Å²) >= 11 is 0. The van der Waals surface area contributed by atoms with E-state index in [1.807, 2.05) is 12.3 Å². The van der Waals surface area contributed by atoms with Crippen molar-refractivity contribution < 1.29 is 0 Å². The van der Waals surface area contributed by atoms with Crippen LogP contribution in [0, 0.1) is 6.92 Å². The van der Waals surface area contributed by atoms with Crippen molar-refractivity contribution in [2.24, 2.45) is 0 Å². The molecule has 1 saturated heterocycles. The first-order valence-electron chi connectivity index (χ1n) is 5.30. The summed E-state index contributed by atoms with van der Waals surface area (Å²) in [6, 6.07) is 4.16. The Balaban J connectivity index is 0.00000128. The number of hydrogen-bond donors (Lipinski definition) is 1. The molecule has 1 aliphatic heterocycles. The highest BCUT2D eigenvalue weighted by atomic mass is 35.5. The number of piperazine rings is 1. The number of aromatic nitrogens is 1. The fraction of sp³-hybridized carbons (Fsp3) is 0.417. The average Bonchev–Trinajstić information content (AvgIpc) is 2.22. The van der Waals surface area contributed by atoms with E-state index in [-0.39, 0.29) is 12.4 Å². The first-order chi connectivity index (χ1) is 7.25. The molecular weight excluding hydrogens is 222 g/mol. The van der Waals surface area contributed by atoms with Crippen molar-refractivity contribution in [2.75, 3.05) is 19.6 Å². The van der Waals surface area contributed by atoms with Crippen LogP contribution in [0.1, 0.15) is 11.3 Å². The van der Waals surface area contributed by atoms with Crippen LogP contribution in [0.4, 0.5) is 0 Å². The Morgan fingerprint density at radius 2 is 2.38 bits per heavy atom. The Bertz CT molecular complexity index is 365. The number of aryl methyl sites for hydroxylation is 1. The molecule has 0 aromatic carbocycles. The van der Waals surface area contributed by atoms with Gasteiger partial charge in [0.2, 0.25) is 0 Å². The maximum absolute atomic E-state index is 4.36. The Morgan fingerprint density at radius 3 is 3.06 bits per heavy atom. The molecule has 1 aromatic rings. The summed E-state index contributed by atoms with van der Waals surface area (Å²) in [5.41, 5.74) is 3.54. The average molecular weight is 240 g/mol. The molecule has 1 fully saturated rings. The number of nitrogens with one attached hydrogen (secondary N) is 1. The standard InChI is InChI=1S/C12H17N3.ClH/c1-10-3-4-14-12(7-10)9-15-6-5-13-8-11(15)2;/h3-4,7,13H,2,5-6,8-9H2,1H3;1H. The second-order valence-electron chi connectivity index (χ2n) is 3.99. The van der Waals surface area contributed by atoms with Crippen LogP contribution in [0.15, 0.2) is 30.6 Å². The number of halogens is 1. The molecule has 1 N–H and O–H groups in total. The predicted octanol–water partition coefficient (Wildman–Crippen LogP) is 1.73. The summed E-state index contributed by atoms with van der Waals surface area (Å²) < 4.78 is 0. The van der Waals surface area contributed by atoms with Gasteiger partial charge >= 0.3 is 0 Å². The Hall–Kier alpha value is -1.06. The number of pyridine rings is 1. The summed E-state index contributed by atoms with van der Waals surface area (Å²) in [6.45, 7) is 9.97. The number of nitrogens with zero attached hydrogens (tertiary/aromatic N) is 2. The van der Waals surface area contributed by atoms with Crippen molar-refractivity contribution in [3.8, 4) is 0 Å². The van der Waals surface area contributed by atoms with E-state index in [0.29, 0.717) is 0 Å². The van der Waals surface area contributed by atoms with Crippen molar-refractivity contribution in [2.45, 2.75) is 13.5 Å². The topological polar surface area (TPSA) is 28.2 Å². The maximum atomic E-state index is 4.36. The summed E-state index contributed by atoms with van der Waals surface area (Å²) in [6.07, 6.45) is 1.87. The molecule has 3 nitrogen and oxygen atoms in total. The van der Waals surface area contributed by atoms with E-state index in [1.54, 1.807) is 0 Å². The van der Waals surface area contributed by atoms with Gasteiger partial charge in [0.15, 0.2) is 0 Å². The highest BCUT2D eigenvalue weighted by Gasteiger charge is 2.12. The molecule has 4 heteroatoms. The molecule has 0 spiro atoms. The van der Waals surface area contributed by atoms with E-state index >= 15 is 0 Å². The predicted molar refractivity (Wildman–Crippen MR) is 68.6 cm³/mol. The monoisotopic (exact) mass is 239 g/mol. The third-order valence-corrected chi connectivity index (χ3v) is 2.66. The molecule has 0 bridgehead atoms. The molecule has 2 rings (SSSR count). The molecule has 0 aliphatic carbocycles. The summed E-state index contributed by atoms with van der Waals surface area (Å²) in [7, 11) is 0. The normalized spacial score (nSPS) is 15.8. The highest BCUT2D eigenvalue weighted by Crippen LogP contribution is 2.10. The first-order valence-corrected chi connectivity index (χ1v) is 5.30. The minimum atomic E-state index is 0. The van der Waals surface area contributed by atoms with Crippen molar-refractivity contribution in [1.29, 1.82) is 0 Å². The molecule has 88 valence electrons. The van der Waals surface area contributed by atoms with Gasteiger partial charge in [-0.2, -0.15) is 0 Å². The lowest BCUT2D eigenvalue weighted by molar-refractivity contribution is 0.292. The molecule has 1 aliphatic rings. The van der Waals surface area contributed by atoms with Gasteiger partial charge in [-0.25, -0.2) is 0 Å². The van der Waals surface area contributed by atoms with Crippen LogP contribution in [0.25, 0.3) is 0 Å². The molecular formula is C12H18ClN3. The van der Waals surface area contributed by atoms with Crippen LogP contribution >= 0.6 is 12.4 Å². The maximum Gasteiger partial charge on any atom is 0.0599 e. The Kier molecular flexibility index (Phi) is 4.77. The lowest BCUT2D eigenvalue weighted by Crippen LogP contribution is -2.40. The number of hydrogen-bond acceptors (Lipinski definition) is 3. The second kappa shape index (κ2) is 5.87. The van der Waals surface area contributed by atoms with Crippen molar-refractivity contribution in [3.63, 3.8) is 0 Å². The lowest BCUT2D eigenvalue weighted by Gasteiger charge is -2.31. The van der Waals surface area contributed by atoms with Crippen LogP contribution in [0.5, 0.6) is 0 Å². The zero-order chi connectivity index (χ0) is 10.7. The molecule has 0 saturated carbocycles. The first kappa shape index (κ1) is 13.0. The van der Waals surface area contributed by atoms with E-state index in [2.05, 4.69) is 34.8 Å². The van der Waals surface area contributed by atoms with Crippen molar-refractivity contribution in [3.05, 3.63) is 41.9 Å². The Morgan fingerprint density at radius 1 is 1.56 bits per heavy atom. The largest absolute Gasteiger partial charge is 0.367 e. The molecule has 0 radical (unpaired) electrons. The molecule has 1 aromatic heterocycles. The minimum absolute atomic E-state index is 0. The van der Waals surface area contributed by atoms with E-state index < -0.39 is 0 Å². The molecule has 0 amide bonds. The van der Waals surface area contributed by atoms with Gasteiger partial charge in [0.05, 0.1) is 12.2 Å². The van der Waals surface area contributed by atoms with Gasteiger partial charge < -0.3 is 10.2 Å². The van der Waals surface area contributed by atoms with Crippen LogP contribution in [0.2, 0.25) is 0 Å². The molecule has 16 heavy (non-hydrogen) atoms. The van der Waals surface area contributed by atoms with E-state index in [0.717, 1.165) is 37.6 Å².